The third-order valence-electron chi connectivity index (χ3n) is 2.21. The highest BCUT2D eigenvalue weighted by molar-refractivity contribution is 5.91. The Bertz CT molecular complexity index is 589. The van der Waals surface area contributed by atoms with Crippen LogP contribution in [-0.4, -0.2) is 30.8 Å². The van der Waals surface area contributed by atoms with Gasteiger partial charge in [0.05, 0.1) is 7.06 Å². The van der Waals surface area contributed by atoms with Gasteiger partial charge in [-0.1, -0.05) is 0 Å². The van der Waals surface area contributed by atoms with Gasteiger partial charge in [-0.25, -0.2) is 9.78 Å². The van der Waals surface area contributed by atoms with Crippen molar-refractivity contribution in [1.82, 2.24) is 19.7 Å². The normalized spacial score (nSPS) is 12.2. The van der Waals surface area contributed by atoms with Crippen molar-refractivity contribution >= 4 is 5.97 Å². The molecule has 0 radical (unpaired) electrons. The molecule has 6 heteroatoms. The molecule has 2 rings (SSSR count). The number of hydrogen-bond donors (Lipinski definition) is 1. The van der Waals surface area contributed by atoms with Crippen LogP contribution in [0.4, 0.5) is 0 Å². The number of carboxylic acids is 1. The molecule has 0 aliphatic heterocycles. The largest absolute Gasteiger partial charge is 0.476 e. The Kier molecular flexibility index (Phi) is 2.53. The van der Waals surface area contributed by atoms with Gasteiger partial charge >= 0.3 is 5.97 Å². The predicted octanol–water partition coefficient (Wildman–Crippen LogP) is 1.62. The highest BCUT2D eigenvalue weighted by Gasteiger charge is 2.18. The molecular weight excluding hydrogens is 220 g/mol. The lowest BCUT2D eigenvalue weighted by molar-refractivity contribution is 0.0691. The van der Waals surface area contributed by atoms with E-state index in [0.717, 1.165) is 0 Å². The molecule has 0 amide bonds. The van der Waals surface area contributed by atoms with Crippen molar-refractivity contribution in [2.45, 2.75) is 19.9 Å². The maximum Gasteiger partial charge on any atom is 0.356 e. The highest BCUT2D eigenvalue weighted by Crippen LogP contribution is 2.22. The third-order valence-corrected chi connectivity index (χ3v) is 2.21. The Labute approximate surface area is 99.4 Å². The molecule has 2 aromatic rings. The minimum absolute atomic E-state index is 0.150. The molecule has 0 unspecified atom stereocenters. The first kappa shape index (κ1) is 9.95. The van der Waals surface area contributed by atoms with E-state index in [1.54, 1.807) is 19.9 Å². The number of nitrogens with zero attached hydrogens (tertiary/aromatic N) is 4. The average molecular weight is 233 g/mol. The Hall–Kier alpha value is -2.24. The molecule has 2 heterocycles. The Morgan fingerprint density at radius 1 is 1.41 bits per heavy atom. The van der Waals surface area contributed by atoms with Crippen LogP contribution in [0.15, 0.2) is 24.7 Å². The molecule has 0 fully saturated rings. The van der Waals surface area contributed by atoms with Crippen molar-refractivity contribution < 1.29 is 11.3 Å². The zero-order valence-electron chi connectivity index (χ0n) is 10.5. The summed E-state index contributed by atoms with van der Waals surface area (Å²) in [6, 6.07) is 0.610. The lowest BCUT2D eigenvalue weighted by atomic mass is 10.2. The van der Waals surface area contributed by atoms with E-state index in [4.69, 9.17) is 6.48 Å². The maximum absolute atomic E-state index is 11.1. The number of aromatic carboxylic acids is 1. The van der Waals surface area contributed by atoms with E-state index in [0.29, 0.717) is 5.69 Å². The minimum Gasteiger partial charge on any atom is -0.476 e. The summed E-state index contributed by atoms with van der Waals surface area (Å²) in [5, 5.41) is 13.1. The van der Waals surface area contributed by atoms with Gasteiger partial charge in [-0.05, 0) is 19.9 Å². The number of aromatic nitrogens is 4. The topological polar surface area (TPSA) is 80.9 Å². The molecule has 0 spiro atoms. The third kappa shape index (κ3) is 2.01. The predicted molar refractivity (Wildman–Crippen MR) is 60.6 cm³/mol. The fraction of sp³-hybridized carbons (Fsp3) is 0.273. The lowest BCUT2D eigenvalue weighted by Crippen LogP contribution is -2.10. The summed E-state index contributed by atoms with van der Waals surface area (Å²) < 4.78 is 9.37. The van der Waals surface area contributed by atoms with Crippen molar-refractivity contribution in [2.24, 2.45) is 0 Å². The zero-order valence-corrected chi connectivity index (χ0v) is 9.45. The van der Waals surface area contributed by atoms with Crippen LogP contribution in [0.25, 0.3) is 11.4 Å². The monoisotopic (exact) mass is 233 g/mol. The smallest absolute Gasteiger partial charge is 0.356 e. The van der Waals surface area contributed by atoms with Crippen LogP contribution >= 0.6 is 0 Å². The van der Waals surface area contributed by atoms with Crippen LogP contribution in [0, 0.1) is 0 Å². The second-order valence-electron chi connectivity index (χ2n) is 3.63. The number of hydrogen-bond acceptors (Lipinski definition) is 4. The number of carboxylic acid groups (broad SMARTS) is 1. The first-order chi connectivity index (χ1) is 8.41. The van der Waals surface area contributed by atoms with E-state index in [9.17, 15) is 4.79 Å². The molecule has 2 aromatic heterocycles. The molecule has 88 valence electrons. The SMILES string of the molecule is [2H]C(C)(C)n1nccc1-c1nccnc1C(=O)O. The van der Waals surface area contributed by atoms with Gasteiger partial charge in [-0.2, -0.15) is 5.10 Å². The molecule has 0 saturated carbocycles. The fourth-order valence-corrected chi connectivity index (χ4v) is 1.52. The zero-order chi connectivity index (χ0) is 13.3. The summed E-state index contributed by atoms with van der Waals surface area (Å²) in [6.45, 7) is 3.31. The molecule has 0 aliphatic rings. The summed E-state index contributed by atoms with van der Waals surface area (Å²) in [6.07, 6.45) is 4.24. The second-order valence-corrected chi connectivity index (χ2v) is 3.63. The standard InChI is InChI=1S/C11H12N4O2/c1-7(2)15-8(3-4-14-15)9-10(11(16)17)13-6-5-12-9/h3-7H,1-2H3,(H,16,17)/i7D. The highest BCUT2D eigenvalue weighted by atomic mass is 16.4. The first-order valence-corrected chi connectivity index (χ1v) is 5.00. The van der Waals surface area contributed by atoms with E-state index < -0.39 is 12.0 Å². The molecule has 0 aromatic carbocycles. The lowest BCUT2D eigenvalue weighted by Gasteiger charge is -2.11. The van der Waals surface area contributed by atoms with E-state index >= 15 is 0 Å². The Balaban J connectivity index is 2.64. The van der Waals surface area contributed by atoms with Crippen molar-refractivity contribution in [2.75, 3.05) is 0 Å². The Morgan fingerprint density at radius 3 is 2.76 bits per heavy atom. The summed E-state index contributed by atoms with van der Waals surface area (Å²) >= 11 is 0. The van der Waals surface area contributed by atoms with Gasteiger partial charge in [0.15, 0.2) is 5.69 Å². The molecule has 17 heavy (non-hydrogen) atoms. The van der Waals surface area contributed by atoms with Crippen LogP contribution < -0.4 is 0 Å². The summed E-state index contributed by atoms with van der Waals surface area (Å²) in [7, 11) is 0. The molecule has 6 nitrogen and oxygen atoms in total. The van der Waals surface area contributed by atoms with Crippen LogP contribution in [0.2, 0.25) is 0 Å². The first-order valence-electron chi connectivity index (χ1n) is 5.50. The molecule has 0 saturated heterocycles. The van der Waals surface area contributed by atoms with Crippen molar-refractivity contribution in [3.05, 3.63) is 30.4 Å². The molecule has 0 bridgehead atoms. The molecule has 0 atom stereocenters. The maximum atomic E-state index is 11.1. The van der Waals surface area contributed by atoms with Crippen molar-refractivity contribution in [1.29, 1.82) is 0 Å². The molecule has 1 N–H and O–H groups in total. The van der Waals surface area contributed by atoms with E-state index in [1.807, 2.05) is 0 Å². The summed E-state index contributed by atoms with van der Waals surface area (Å²) in [5.74, 6) is -1.16. The van der Waals surface area contributed by atoms with Gasteiger partial charge in [-0.15, -0.1) is 0 Å². The fourth-order valence-electron chi connectivity index (χ4n) is 1.52. The van der Waals surface area contributed by atoms with E-state index in [1.165, 1.54) is 23.3 Å². The quantitative estimate of drug-likeness (QED) is 0.871. The van der Waals surface area contributed by atoms with Crippen LogP contribution in [0.5, 0.6) is 0 Å². The van der Waals surface area contributed by atoms with Gasteiger partial charge in [0, 0.05) is 24.6 Å². The van der Waals surface area contributed by atoms with Gasteiger partial charge in [0.1, 0.15) is 5.69 Å². The van der Waals surface area contributed by atoms with Gasteiger partial charge in [0.2, 0.25) is 0 Å². The van der Waals surface area contributed by atoms with E-state index in [-0.39, 0.29) is 11.4 Å². The van der Waals surface area contributed by atoms with Crippen LogP contribution in [0.1, 0.15) is 31.7 Å². The van der Waals surface area contributed by atoms with Gasteiger partial charge in [-0.3, -0.25) is 9.67 Å². The van der Waals surface area contributed by atoms with Crippen molar-refractivity contribution in [3.63, 3.8) is 0 Å². The average Bonchev–Trinajstić information content (AvgIpc) is 2.77. The summed E-state index contributed by atoms with van der Waals surface area (Å²) in [4.78, 5) is 18.9. The minimum atomic E-state index is -1.16. The van der Waals surface area contributed by atoms with Gasteiger partial charge in [0.25, 0.3) is 0 Å². The molecular formula is C11H12N4O2. The van der Waals surface area contributed by atoms with Crippen LogP contribution in [-0.2, 0) is 0 Å². The van der Waals surface area contributed by atoms with Gasteiger partial charge < -0.3 is 5.11 Å². The van der Waals surface area contributed by atoms with E-state index in [2.05, 4.69) is 15.1 Å². The second kappa shape index (κ2) is 4.32. The summed E-state index contributed by atoms with van der Waals surface area (Å²) in [5.41, 5.74) is 0.520. The number of carbonyl (C=O) groups is 1. The number of rotatable bonds is 3. The van der Waals surface area contributed by atoms with Crippen LogP contribution in [0.3, 0.4) is 0 Å². The molecule has 0 aliphatic carbocycles. The van der Waals surface area contributed by atoms with Crippen molar-refractivity contribution in [3.8, 4) is 11.4 Å². The Morgan fingerprint density at radius 2 is 2.12 bits per heavy atom.